The van der Waals surface area contributed by atoms with E-state index < -0.39 is 0 Å². The van der Waals surface area contributed by atoms with Crippen molar-refractivity contribution in [1.82, 2.24) is 0 Å². The number of azo groups is 1. The molecule has 0 atom stereocenters. The Morgan fingerprint density at radius 1 is 0.909 bits per heavy atom. The van der Waals surface area contributed by atoms with E-state index in [4.69, 9.17) is 4.74 Å². The van der Waals surface area contributed by atoms with Crippen molar-refractivity contribution in [2.75, 3.05) is 35.4 Å². The summed E-state index contributed by atoms with van der Waals surface area (Å²) in [6.45, 7) is 6.42. The lowest BCUT2D eigenvalue weighted by Gasteiger charge is -2.18. The highest BCUT2D eigenvalue weighted by atomic mass is 16.5. The molecule has 7 nitrogen and oxygen atoms in total. The highest BCUT2D eigenvalue weighted by molar-refractivity contribution is 5.89. The smallest absolute Gasteiger partial charge is 0.338 e. The fraction of sp³-hybridized carbons (Fsp3) is 0.269. The van der Waals surface area contributed by atoms with Gasteiger partial charge in [0.25, 0.3) is 0 Å². The third kappa shape index (κ3) is 5.88. The lowest BCUT2D eigenvalue weighted by Crippen LogP contribution is -2.17. The second kappa shape index (κ2) is 10.6. The molecular formula is C26H29N5O2. The maximum absolute atomic E-state index is 11.7. The molecule has 4 rings (SSSR count). The highest BCUT2D eigenvalue weighted by Crippen LogP contribution is 2.26. The first-order valence-electron chi connectivity index (χ1n) is 11.3. The second-order valence-corrected chi connectivity index (χ2v) is 7.96. The van der Waals surface area contributed by atoms with Gasteiger partial charge in [0.05, 0.1) is 34.9 Å². The summed E-state index contributed by atoms with van der Waals surface area (Å²) in [5.74, 6) is -0.337. The van der Waals surface area contributed by atoms with Gasteiger partial charge in [-0.3, -0.25) is 0 Å². The first kappa shape index (κ1) is 22.3. The Balaban J connectivity index is 1.33. The molecule has 7 heteroatoms. The van der Waals surface area contributed by atoms with Crippen molar-refractivity contribution in [2.24, 2.45) is 10.2 Å². The number of ether oxygens (including phenoxy) is 1. The van der Waals surface area contributed by atoms with Crippen molar-refractivity contribution < 1.29 is 9.53 Å². The van der Waals surface area contributed by atoms with Crippen LogP contribution in [0.4, 0.5) is 28.4 Å². The van der Waals surface area contributed by atoms with E-state index in [1.54, 1.807) is 31.2 Å². The molecule has 33 heavy (non-hydrogen) atoms. The predicted octanol–water partition coefficient (Wildman–Crippen LogP) is 6.63. The van der Waals surface area contributed by atoms with Gasteiger partial charge in [0.2, 0.25) is 0 Å². The molecule has 0 spiro atoms. The molecule has 1 fully saturated rings. The van der Waals surface area contributed by atoms with Crippen LogP contribution in [0.25, 0.3) is 0 Å². The Kier molecular flexibility index (Phi) is 7.19. The zero-order valence-electron chi connectivity index (χ0n) is 19.0. The molecule has 170 valence electrons. The number of hydrogen-bond acceptors (Lipinski definition) is 7. The first-order chi connectivity index (χ1) is 16.1. The molecule has 3 aromatic rings. The van der Waals surface area contributed by atoms with Gasteiger partial charge in [0.1, 0.15) is 0 Å². The molecule has 1 saturated heterocycles. The molecule has 3 aromatic carbocycles. The molecule has 1 aliphatic rings. The van der Waals surface area contributed by atoms with E-state index in [1.807, 2.05) is 25.1 Å². The van der Waals surface area contributed by atoms with Gasteiger partial charge in [-0.1, -0.05) is 0 Å². The number of benzene rings is 3. The van der Waals surface area contributed by atoms with E-state index in [0.29, 0.717) is 17.9 Å². The van der Waals surface area contributed by atoms with E-state index in [-0.39, 0.29) is 5.97 Å². The maximum atomic E-state index is 11.7. The van der Waals surface area contributed by atoms with Gasteiger partial charge in [-0.15, -0.1) is 0 Å². The minimum absolute atomic E-state index is 0.337. The van der Waals surface area contributed by atoms with Crippen molar-refractivity contribution in [3.63, 3.8) is 0 Å². The number of nitrogens with one attached hydrogen (secondary N) is 2. The summed E-state index contributed by atoms with van der Waals surface area (Å²) in [5.41, 5.74) is 12.7. The third-order valence-electron chi connectivity index (χ3n) is 5.54. The summed E-state index contributed by atoms with van der Waals surface area (Å²) in [6.07, 6.45) is 2.55. The summed E-state index contributed by atoms with van der Waals surface area (Å²) in [6, 6.07) is 21.3. The van der Waals surface area contributed by atoms with Crippen LogP contribution < -0.4 is 15.8 Å². The number of nitrogens with zero attached hydrogens (tertiary/aromatic N) is 3. The second-order valence-electron chi connectivity index (χ2n) is 7.96. The van der Waals surface area contributed by atoms with Crippen LogP contribution in [0.3, 0.4) is 0 Å². The number of hydrazine groups is 1. The Morgan fingerprint density at radius 2 is 1.58 bits per heavy atom. The van der Waals surface area contributed by atoms with E-state index in [9.17, 15) is 4.79 Å². The minimum atomic E-state index is -0.337. The van der Waals surface area contributed by atoms with Crippen LogP contribution in [0, 0.1) is 6.92 Å². The van der Waals surface area contributed by atoms with Gasteiger partial charge in [-0.25, -0.2) is 4.79 Å². The summed E-state index contributed by atoms with van der Waals surface area (Å²) in [5, 5.41) is 8.63. The van der Waals surface area contributed by atoms with E-state index in [2.05, 4.69) is 50.2 Å². The lowest BCUT2D eigenvalue weighted by atomic mass is 10.2. The largest absolute Gasteiger partial charge is 0.462 e. The fourth-order valence-electron chi connectivity index (χ4n) is 3.71. The number of esters is 1. The lowest BCUT2D eigenvalue weighted by molar-refractivity contribution is 0.0526. The van der Waals surface area contributed by atoms with Crippen molar-refractivity contribution >= 4 is 34.4 Å². The zero-order valence-corrected chi connectivity index (χ0v) is 19.0. The van der Waals surface area contributed by atoms with Crippen LogP contribution in [0.5, 0.6) is 0 Å². The highest BCUT2D eigenvalue weighted by Gasteiger charge is 2.11. The molecule has 1 aliphatic heterocycles. The summed E-state index contributed by atoms with van der Waals surface area (Å²) >= 11 is 0. The van der Waals surface area contributed by atoms with E-state index >= 15 is 0 Å². The molecule has 0 amide bonds. The van der Waals surface area contributed by atoms with Crippen LogP contribution in [-0.4, -0.2) is 25.7 Å². The average Bonchev–Trinajstić information content (AvgIpc) is 3.38. The van der Waals surface area contributed by atoms with Gasteiger partial charge >= 0.3 is 5.97 Å². The average molecular weight is 444 g/mol. The Labute approximate surface area is 194 Å². The Morgan fingerprint density at radius 3 is 2.24 bits per heavy atom. The summed E-state index contributed by atoms with van der Waals surface area (Å²) in [4.78, 5) is 14.2. The number of anilines is 3. The van der Waals surface area contributed by atoms with E-state index in [0.717, 1.165) is 35.7 Å². The van der Waals surface area contributed by atoms with Gasteiger partial charge < -0.3 is 20.5 Å². The normalized spacial score (nSPS) is 13.3. The van der Waals surface area contributed by atoms with Crippen LogP contribution in [0.1, 0.15) is 35.7 Å². The summed E-state index contributed by atoms with van der Waals surface area (Å²) in [7, 11) is 0. The van der Waals surface area contributed by atoms with Gasteiger partial charge in [-0.05, 0) is 99.0 Å². The zero-order chi connectivity index (χ0) is 23.0. The summed E-state index contributed by atoms with van der Waals surface area (Å²) < 4.78 is 4.99. The third-order valence-corrected chi connectivity index (χ3v) is 5.54. The monoisotopic (exact) mass is 443 g/mol. The quantitative estimate of drug-likeness (QED) is 0.232. The van der Waals surface area contributed by atoms with Crippen molar-refractivity contribution in [3.8, 4) is 0 Å². The van der Waals surface area contributed by atoms with Gasteiger partial charge in [0.15, 0.2) is 0 Å². The molecule has 0 radical (unpaired) electrons. The van der Waals surface area contributed by atoms with Crippen LogP contribution in [0.2, 0.25) is 0 Å². The SMILES string of the molecule is CCOC(=O)c1ccc(N=Nc2ccc(NNc3ccc(N4CCCC4)cc3)cc2C)cc1. The molecule has 1 heterocycles. The van der Waals surface area contributed by atoms with E-state index in [1.165, 1.54) is 18.5 Å². The topological polar surface area (TPSA) is 78.3 Å². The van der Waals surface area contributed by atoms with Crippen LogP contribution in [0.15, 0.2) is 77.0 Å². The van der Waals surface area contributed by atoms with Crippen LogP contribution >= 0.6 is 0 Å². The first-order valence-corrected chi connectivity index (χ1v) is 11.3. The number of hydrogen-bond donors (Lipinski definition) is 2. The predicted molar refractivity (Wildman–Crippen MR) is 133 cm³/mol. The minimum Gasteiger partial charge on any atom is -0.462 e. The Hall–Kier alpha value is -3.87. The standard InChI is InChI=1S/C26H29N5O2/c1-3-33-26(32)20-6-8-21(9-7-20)28-30-25-15-12-23(18-19(25)2)29-27-22-10-13-24(14-11-22)31-16-4-5-17-31/h6-15,18,27,29H,3-5,16-17H2,1-2H3. The number of rotatable bonds is 8. The molecule has 0 saturated carbocycles. The number of aryl methyl sites for hydroxylation is 1. The molecule has 0 bridgehead atoms. The molecule has 0 aromatic heterocycles. The molecule has 2 N–H and O–H groups in total. The number of carbonyl (C=O) groups excluding carboxylic acids is 1. The number of carbonyl (C=O) groups is 1. The van der Waals surface area contributed by atoms with Crippen molar-refractivity contribution in [2.45, 2.75) is 26.7 Å². The van der Waals surface area contributed by atoms with Crippen LogP contribution in [-0.2, 0) is 4.74 Å². The van der Waals surface area contributed by atoms with Gasteiger partial charge in [-0.2, -0.15) is 10.2 Å². The molecule has 0 unspecified atom stereocenters. The molecular weight excluding hydrogens is 414 g/mol. The van der Waals surface area contributed by atoms with Gasteiger partial charge in [0, 0.05) is 18.8 Å². The van der Waals surface area contributed by atoms with Crippen molar-refractivity contribution in [3.05, 3.63) is 77.9 Å². The molecule has 0 aliphatic carbocycles. The fourth-order valence-corrected chi connectivity index (χ4v) is 3.71. The Bertz CT molecular complexity index is 1100. The maximum Gasteiger partial charge on any atom is 0.338 e. The van der Waals surface area contributed by atoms with Crippen molar-refractivity contribution in [1.29, 1.82) is 0 Å².